The molecule has 118 valence electrons. The molecular weight excluding hydrogens is 324 g/mol. The molecule has 0 aliphatic rings. The second-order valence-corrected chi connectivity index (χ2v) is 5.97. The van der Waals surface area contributed by atoms with E-state index in [9.17, 15) is 4.79 Å². The molecule has 0 atom stereocenters. The summed E-state index contributed by atoms with van der Waals surface area (Å²) in [6, 6.07) is 17.0. The predicted molar refractivity (Wildman–Crippen MR) is 95.2 cm³/mol. The Morgan fingerprint density at radius 2 is 1.83 bits per heavy atom. The molecule has 2 aromatic carbocycles. The molecule has 4 nitrogen and oxygen atoms in total. The number of pyridine rings is 1. The number of nitrogens with one attached hydrogen (secondary N) is 1. The van der Waals surface area contributed by atoms with Gasteiger partial charge in [0.1, 0.15) is 0 Å². The zero-order valence-electron chi connectivity index (χ0n) is 12.8. The Hall–Kier alpha value is -2.85. The predicted octanol–water partition coefficient (Wildman–Crippen LogP) is 4.81. The third-order valence-electron chi connectivity index (χ3n) is 3.94. The molecule has 1 N–H and O–H groups in total. The standard InChI is InChI=1S/C19H13ClN2O2/c1-11-10-15(24-22-11)17-16(12-6-3-2-4-7-12)13-8-5-9-14(20)18(13)21-19(17)23/h2-10H,1H3,(H,21,23). The Kier molecular flexibility index (Phi) is 3.47. The van der Waals surface area contributed by atoms with Crippen molar-refractivity contribution in [3.05, 3.63) is 75.7 Å². The number of halogens is 1. The molecule has 0 unspecified atom stereocenters. The van der Waals surface area contributed by atoms with Gasteiger partial charge >= 0.3 is 0 Å². The van der Waals surface area contributed by atoms with Crippen molar-refractivity contribution < 1.29 is 4.52 Å². The molecular formula is C19H13ClN2O2. The van der Waals surface area contributed by atoms with Gasteiger partial charge in [0.05, 0.1) is 21.8 Å². The van der Waals surface area contributed by atoms with Gasteiger partial charge in [-0.05, 0) is 18.6 Å². The van der Waals surface area contributed by atoms with E-state index >= 15 is 0 Å². The first-order valence-electron chi connectivity index (χ1n) is 7.49. The average molecular weight is 337 g/mol. The molecule has 0 aliphatic carbocycles. The van der Waals surface area contributed by atoms with Gasteiger partial charge in [-0.1, -0.05) is 59.2 Å². The Morgan fingerprint density at radius 1 is 1.04 bits per heavy atom. The fourth-order valence-corrected chi connectivity index (χ4v) is 3.13. The highest BCUT2D eigenvalue weighted by atomic mass is 35.5. The lowest BCUT2D eigenvalue weighted by Gasteiger charge is -2.12. The van der Waals surface area contributed by atoms with Crippen molar-refractivity contribution in [2.45, 2.75) is 6.92 Å². The molecule has 4 aromatic rings. The lowest BCUT2D eigenvalue weighted by atomic mass is 9.95. The molecule has 0 radical (unpaired) electrons. The summed E-state index contributed by atoms with van der Waals surface area (Å²) < 4.78 is 5.37. The Balaban J connectivity index is 2.19. The summed E-state index contributed by atoms with van der Waals surface area (Å²) in [6.07, 6.45) is 0. The molecule has 24 heavy (non-hydrogen) atoms. The van der Waals surface area contributed by atoms with Crippen molar-refractivity contribution in [2.24, 2.45) is 0 Å². The van der Waals surface area contributed by atoms with Crippen LogP contribution in [0.25, 0.3) is 33.4 Å². The summed E-state index contributed by atoms with van der Waals surface area (Å²) >= 11 is 6.28. The largest absolute Gasteiger partial charge is 0.356 e. The summed E-state index contributed by atoms with van der Waals surface area (Å²) in [4.78, 5) is 15.7. The summed E-state index contributed by atoms with van der Waals surface area (Å²) in [5.74, 6) is 0.439. The molecule has 2 heterocycles. The summed E-state index contributed by atoms with van der Waals surface area (Å²) in [6.45, 7) is 1.82. The fourth-order valence-electron chi connectivity index (χ4n) is 2.90. The van der Waals surface area contributed by atoms with Crippen LogP contribution in [0.1, 0.15) is 5.69 Å². The van der Waals surface area contributed by atoms with Crippen LogP contribution in [0.3, 0.4) is 0 Å². The van der Waals surface area contributed by atoms with Crippen molar-refractivity contribution in [3.8, 4) is 22.5 Å². The minimum Gasteiger partial charge on any atom is -0.356 e. The van der Waals surface area contributed by atoms with Gasteiger partial charge in [0, 0.05) is 17.0 Å². The zero-order chi connectivity index (χ0) is 16.7. The Bertz CT molecular complexity index is 1100. The molecule has 0 spiro atoms. The minimum atomic E-state index is -0.259. The highest BCUT2D eigenvalue weighted by molar-refractivity contribution is 6.35. The van der Waals surface area contributed by atoms with E-state index in [1.165, 1.54) is 0 Å². The molecule has 0 saturated heterocycles. The van der Waals surface area contributed by atoms with Crippen LogP contribution in [-0.2, 0) is 0 Å². The number of para-hydroxylation sites is 1. The number of H-pyrrole nitrogens is 1. The van der Waals surface area contributed by atoms with Crippen LogP contribution in [0.2, 0.25) is 5.02 Å². The summed E-state index contributed by atoms with van der Waals surface area (Å²) in [7, 11) is 0. The number of aromatic amines is 1. The van der Waals surface area contributed by atoms with Crippen LogP contribution in [0.5, 0.6) is 0 Å². The number of fused-ring (bicyclic) bond motifs is 1. The first kappa shape index (κ1) is 14.7. The third kappa shape index (κ3) is 2.32. The van der Waals surface area contributed by atoms with Crippen LogP contribution < -0.4 is 5.56 Å². The number of hydrogen-bond donors (Lipinski definition) is 1. The highest BCUT2D eigenvalue weighted by Gasteiger charge is 2.20. The van der Waals surface area contributed by atoms with Gasteiger partial charge in [0.25, 0.3) is 5.56 Å². The lowest BCUT2D eigenvalue weighted by Crippen LogP contribution is -2.11. The molecule has 5 heteroatoms. The molecule has 0 fully saturated rings. The summed E-state index contributed by atoms with van der Waals surface area (Å²) in [5.41, 5.74) is 3.23. The quantitative estimate of drug-likeness (QED) is 0.571. The molecule has 4 rings (SSSR count). The lowest BCUT2D eigenvalue weighted by molar-refractivity contribution is 0.427. The first-order valence-corrected chi connectivity index (χ1v) is 7.86. The third-order valence-corrected chi connectivity index (χ3v) is 4.25. The Labute approximate surface area is 142 Å². The number of aryl methyl sites for hydroxylation is 1. The van der Waals surface area contributed by atoms with Gasteiger partial charge in [-0.2, -0.15) is 0 Å². The maximum absolute atomic E-state index is 12.8. The second-order valence-electron chi connectivity index (χ2n) is 5.57. The van der Waals surface area contributed by atoms with Crippen molar-refractivity contribution in [3.63, 3.8) is 0 Å². The van der Waals surface area contributed by atoms with Gasteiger partial charge in [0.2, 0.25) is 0 Å². The smallest absolute Gasteiger partial charge is 0.260 e. The number of benzene rings is 2. The minimum absolute atomic E-state index is 0.259. The topological polar surface area (TPSA) is 58.9 Å². The molecule has 0 saturated carbocycles. The van der Waals surface area contributed by atoms with Crippen molar-refractivity contribution in [1.29, 1.82) is 0 Å². The molecule has 2 aromatic heterocycles. The number of nitrogens with zero attached hydrogens (tertiary/aromatic N) is 1. The van der Waals surface area contributed by atoms with Crippen molar-refractivity contribution in [2.75, 3.05) is 0 Å². The van der Waals surface area contributed by atoms with E-state index in [1.807, 2.05) is 49.4 Å². The van der Waals surface area contributed by atoms with E-state index in [-0.39, 0.29) is 5.56 Å². The van der Waals surface area contributed by atoms with E-state index in [2.05, 4.69) is 10.1 Å². The zero-order valence-corrected chi connectivity index (χ0v) is 13.6. The number of hydrogen-bond acceptors (Lipinski definition) is 3. The van der Waals surface area contributed by atoms with Gasteiger partial charge in [0.15, 0.2) is 5.76 Å². The average Bonchev–Trinajstić information content (AvgIpc) is 3.01. The van der Waals surface area contributed by atoms with Crippen LogP contribution in [0.4, 0.5) is 0 Å². The SMILES string of the molecule is Cc1cc(-c2c(-c3ccccc3)c3cccc(Cl)c3[nH]c2=O)on1. The van der Waals surface area contributed by atoms with E-state index in [0.29, 0.717) is 21.9 Å². The van der Waals surface area contributed by atoms with E-state index < -0.39 is 0 Å². The van der Waals surface area contributed by atoms with Crippen molar-refractivity contribution in [1.82, 2.24) is 10.1 Å². The van der Waals surface area contributed by atoms with E-state index in [4.69, 9.17) is 16.1 Å². The highest BCUT2D eigenvalue weighted by Crippen LogP contribution is 2.36. The summed E-state index contributed by atoms with van der Waals surface area (Å²) in [5, 5.41) is 5.27. The number of aromatic nitrogens is 2. The molecule has 0 aliphatic heterocycles. The maximum Gasteiger partial charge on any atom is 0.260 e. The van der Waals surface area contributed by atoms with Gasteiger partial charge in [-0.3, -0.25) is 4.79 Å². The monoisotopic (exact) mass is 336 g/mol. The van der Waals surface area contributed by atoms with Crippen LogP contribution in [0, 0.1) is 6.92 Å². The van der Waals surface area contributed by atoms with Gasteiger partial charge in [-0.15, -0.1) is 0 Å². The molecule has 0 amide bonds. The fraction of sp³-hybridized carbons (Fsp3) is 0.0526. The Morgan fingerprint density at radius 3 is 2.54 bits per heavy atom. The maximum atomic E-state index is 12.8. The van der Waals surface area contributed by atoms with E-state index in [1.54, 1.807) is 12.1 Å². The second kappa shape index (κ2) is 5.65. The van der Waals surface area contributed by atoms with Crippen molar-refractivity contribution >= 4 is 22.5 Å². The first-order chi connectivity index (χ1) is 11.6. The normalized spacial score (nSPS) is 11.1. The van der Waals surface area contributed by atoms with Crippen LogP contribution >= 0.6 is 11.6 Å². The molecule has 0 bridgehead atoms. The van der Waals surface area contributed by atoms with Gasteiger partial charge in [-0.25, -0.2) is 0 Å². The van der Waals surface area contributed by atoms with E-state index in [0.717, 1.165) is 22.2 Å². The number of rotatable bonds is 2. The van der Waals surface area contributed by atoms with Gasteiger partial charge < -0.3 is 9.51 Å². The van der Waals surface area contributed by atoms with Crippen LogP contribution in [0.15, 0.2) is 63.9 Å². The van der Waals surface area contributed by atoms with Crippen LogP contribution in [-0.4, -0.2) is 10.1 Å².